The van der Waals surface area contributed by atoms with E-state index in [1.807, 2.05) is 12.1 Å². The summed E-state index contributed by atoms with van der Waals surface area (Å²) < 4.78 is 0. The SMILES string of the molecule is CCCC(NC1CCN(CCC)CC1)c1ccc(Cl)cc1. The Balaban J connectivity index is 1.90. The molecule has 118 valence electrons. The van der Waals surface area contributed by atoms with Crippen LogP contribution >= 0.6 is 11.6 Å². The fourth-order valence-electron chi connectivity index (χ4n) is 3.25. The van der Waals surface area contributed by atoms with Crippen molar-refractivity contribution in [3.63, 3.8) is 0 Å². The number of halogens is 1. The molecule has 1 aliphatic rings. The Morgan fingerprint density at radius 3 is 2.38 bits per heavy atom. The quantitative estimate of drug-likeness (QED) is 0.789. The number of benzene rings is 1. The summed E-state index contributed by atoms with van der Waals surface area (Å²) in [6.07, 6.45) is 6.20. The van der Waals surface area contributed by atoms with Crippen molar-refractivity contribution in [1.29, 1.82) is 0 Å². The van der Waals surface area contributed by atoms with Gasteiger partial charge in [-0.1, -0.05) is 44.0 Å². The van der Waals surface area contributed by atoms with Crippen molar-refractivity contribution in [1.82, 2.24) is 10.2 Å². The number of nitrogens with one attached hydrogen (secondary N) is 1. The van der Waals surface area contributed by atoms with Crippen LogP contribution in [0.15, 0.2) is 24.3 Å². The first kappa shape index (κ1) is 16.8. The molecule has 2 nitrogen and oxygen atoms in total. The van der Waals surface area contributed by atoms with Gasteiger partial charge in [-0.05, 0) is 63.0 Å². The zero-order valence-electron chi connectivity index (χ0n) is 13.4. The van der Waals surface area contributed by atoms with Crippen LogP contribution in [0.1, 0.15) is 57.6 Å². The Kier molecular flexibility index (Phi) is 7.01. The highest BCUT2D eigenvalue weighted by atomic mass is 35.5. The average molecular weight is 309 g/mol. The summed E-state index contributed by atoms with van der Waals surface area (Å²) in [5, 5.41) is 4.71. The van der Waals surface area contributed by atoms with Gasteiger partial charge in [0.15, 0.2) is 0 Å². The molecule has 0 bridgehead atoms. The normalized spacial score (nSPS) is 18.8. The largest absolute Gasteiger partial charge is 0.307 e. The van der Waals surface area contributed by atoms with Crippen LogP contribution in [-0.4, -0.2) is 30.6 Å². The van der Waals surface area contributed by atoms with Crippen molar-refractivity contribution >= 4 is 11.6 Å². The molecule has 1 N–H and O–H groups in total. The second-order valence-corrected chi connectivity index (χ2v) is 6.61. The van der Waals surface area contributed by atoms with Gasteiger partial charge >= 0.3 is 0 Å². The highest BCUT2D eigenvalue weighted by Gasteiger charge is 2.21. The molecule has 1 unspecified atom stereocenters. The smallest absolute Gasteiger partial charge is 0.0406 e. The zero-order chi connectivity index (χ0) is 15.1. The molecule has 0 saturated carbocycles. The third-order valence-electron chi connectivity index (χ3n) is 4.41. The molecule has 1 aromatic carbocycles. The molecule has 0 spiro atoms. The van der Waals surface area contributed by atoms with Gasteiger partial charge in [-0.3, -0.25) is 0 Å². The van der Waals surface area contributed by atoms with E-state index < -0.39 is 0 Å². The van der Waals surface area contributed by atoms with Crippen molar-refractivity contribution < 1.29 is 0 Å². The summed E-state index contributed by atoms with van der Waals surface area (Å²) in [5.74, 6) is 0. The van der Waals surface area contributed by atoms with E-state index in [1.165, 1.54) is 57.3 Å². The fraction of sp³-hybridized carbons (Fsp3) is 0.667. The van der Waals surface area contributed by atoms with Gasteiger partial charge in [-0.25, -0.2) is 0 Å². The second-order valence-electron chi connectivity index (χ2n) is 6.18. The molecule has 0 aromatic heterocycles. The molecule has 1 saturated heterocycles. The predicted octanol–water partition coefficient (Wildman–Crippen LogP) is 4.65. The topological polar surface area (TPSA) is 15.3 Å². The minimum absolute atomic E-state index is 0.468. The van der Waals surface area contributed by atoms with E-state index in [1.54, 1.807) is 0 Å². The number of rotatable bonds is 7. The molecular weight excluding hydrogens is 280 g/mol. The molecule has 2 rings (SSSR count). The monoisotopic (exact) mass is 308 g/mol. The highest BCUT2D eigenvalue weighted by Crippen LogP contribution is 2.23. The molecule has 1 atom stereocenters. The Hall–Kier alpha value is -0.570. The number of nitrogens with zero attached hydrogens (tertiary/aromatic N) is 1. The maximum absolute atomic E-state index is 6.01. The molecular formula is C18H29ClN2. The van der Waals surface area contributed by atoms with E-state index in [9.17, 15) is 0 Å². The molecule has 0 amide bonds. The van der Waals surface area contributed by atoms with Crippen molar-refractivity contribution in [2.45, 2.75) is 58.0 Å². The lowest BCUT2D eigenvalue weighted by Crippen LogP contribution is -2.43. The lowest BCUT2D eigenvalue weighted by atomic mass is 9.98. The third-order valence-corrected chi connectivity index (χ3v) is 4.67. The lowest BCUT2D eigenvalue weighted by molar-refractivity contribution is 0.189. The van der Waals surface area contributed by atoms with Gasteiger partial charge in [-0.2, -0.15) is 0 Å². The fourth-order valence-corrected chi connectivity index (χ4v) is 3.38. The molecule has 1 fully saturated rings. The van der Waals surface area contributed by atoms with Crippen LogP contribution in [0.3, 0.4) is 0 Å². The van der Waals surface area contributed by atoms with Crippen molar-refractivity contribution in [3.8, 4) is 0 Å². The summed E-state index contributed by atoms with van der Waals surface area (Å²) in [5.41, 5.74) is 1.37. The maximum atomic E-state index is 6.01. The van der Waals surface area contributed by atoms with E-state index in [4.69, 9.17) is 11.6 Å². The number of hydrogen-bond donors (Lipinski definition) is 1. The molecule has 1 heterocycles. The van der Waals surface area contributed by atoms with Gasteiger partial charge in [0, 0.05) is 17.1 Å². The average Bonchev–Trinajstić information content (AvgIpc) is 2.50. The summed E-state index contributed by atoms with van der Waals surface area (Å²) >= 11 is 6.01. The van der Waals surface area contributed by atoms with Gasteiger partial charge in [0.1, 0.15) is 0 Å². The summed E-state index contributed by atoms with van der Waals surface area (Å²) in [4.78, 5) is 2.59. The minimum atomic E-state index is 0.468. The standard InChI is InChI=1S/C18H29ClN2/c1-3-5-18(15-6-8-16(19)9-7-15)20-17-10-13-21(12-4-2)14-11-17/h6-9,17-18,20H,3-5,10-14H2,1-2H3. The lowest BCUT2D eigenvalue weighted by Gasteiger charge is -2.34. The van der Waals surface area contributed by atoms with Gasteiger partial charge in [0.05, 0.1) is 0 Å². The Bertz CT molecular complexity index is 396. The van der Waals surface area contributed by atoms with E-state index >= 15 is 0 Å². The van der Waals surface area contributed by atoms with E-state index in [0.717, 1.165) is 5.02 Å². The maximum Gasteiger partial charge on any atom is 0.0406 e. The number of piperidine rings is 1. The van der Waals surface area contributed by atoms with Crippen LogP contribution < -0.4 is 5.32 Å². The van der Waals surface area contributed by atoms with Crippen LogP contribution in [0.25, 0.3) is 0 Å². The van der Waals surface area contributed by atoms with E-state index in [-0.39, 0.29) is 0 Å². The van der Waals surface area contributed by atoms with Crippen molar-refractivity contribution in [3.05, 3.63) is 34.9 Å². The first-order valence-electron chi connectivity index (χ1n) is 8.46. The number of hydrogen-bond acceptors (Lipinski definition) is 2. The first-order valence-corrected chi connectivity index (χ1v) is 8.84. The van der Waals surface area contributed by atoms with Crippen molar-refractivity contribution in [2.75, 3.05) is 19.6 Å². The molecule has 3 heteroatoms. The summed E-state index contributed by atoms with van der Waals surface area (Å²) in [7, 11) is 0. The Morgan fingerprint density at radius 2 is 1.81 bits per heavy atom. The zero-order valence-corrected chi connectivity index (χ0v) is 14.2. The molecule has 1 aliphatic heterocycles. The van der Waals surface area contributed by atoms with Crippen LogP contribution in [-0.2, 0) is 0 Å². The van der Waals surface area contributed by atoms with Gasteiger partial charge in [-0.15, -0.1) is 0 Å². The Labute approximate surface area is 134 Å². The van der Waals surface area contributed by atoms with Crippen LogP contribution in [0.4, 0.5) is 0 Å². The van der Waals surface area contributed by atoms with Crippen molar-refractivity contribution in [2.24, 2.45) is 0 Å². The highest BCUT2D eigenvalue weighted by molar-refractivity contribution is 6.30. The number of likely N-dealkylation sites (tertiary alicyclic amines) is 1. The summed E-state index contributed by atoms with van der Waals surface area (Å²) in [6, 6.07) is 9.47. The second kappa shape index (κ2) is 8.77. The van der Waals surface area contributed by atoms with Crippen LogP contribution in [0, 0.1) is 0 Å². The summed E-state index contributed by atoms with van der Waals surface area (Å²) in [6.45, 7) is 8.26. The van der Waals surface area contributed by atoms with Crippen LogP contribution in [0.2, 0.25) is 5.02 Å². The minimum Gasteiger partial charge on any atom is -0.307 e. The van der Waals surface area contributed by atoms with Crippen LogP contribution in [0.5, 0.6) is 0 Å². The Morgan fingerprint density at radius 1 is 1.14 bits per heavy atom. The third kappa shape index (κ3) is 5.28. The molecule has 21 heavy (non-hydrogen) atoms. The predicted molar refractivity (Wildman–Crippen MR) is 92.0 cm³/mol. The van der Waals surface area contributed by atoms with Gasteiger partial charge in [0.25, 0.3) is 0 Å². The molecule has 0 radical (unpaired) electrons. The van der Waals surface area contributed by atoms with Gasteiger partial charge in [0.2, 0.25) is 0 Å². The first-order chi connectivity index (χ1) is 10.2. The molecule has 0 aliphatic carbocycles. The van der Waals surface area contributed by atoms with Gasteiger partial charge < -0.3 is 10.2 Å². The van der Waals surface area contributed by atoms with E-state index in [2.05, 4.69) is 36.2 Å². The molecule has 1 aromatic rings. The van der Waals surface area contributed by atoms with E-state index in [0.29, 0.717) is 12.1 Å².